The third-order valence-electron chi connectivity index (χ3n) is 4.61. The average molecular weight is 427 g/mol. The van der Waals surface area contributed by atoms with Crippen LogP contribution in [-0.2, 0) is 18.0 Å². The molecular weight excluding hydrogens is 406 g/mol. The third-order valence-corrected chi connectivity index (χ3v) is 4.61. The van der Waals surface area contributed by atoms with Crippen LogP contribution >= 0.6 is 0 Å². The summed E-state index contributed by atoms with van der Waals surface area (Å²) in [6.45, 7) is 0.752. The monoisotopic (exact) mass is 427 g/mol. The molecule has 0 atom stereocenters. The number of hydrogen-bond donors (Lipinski definition) is 0. The fraction of sp³-hybridized carbons (Fsp3) is 0.120. The van der Waals surface area contributed by atoms with Crippen molar-refractivity contribution in [3.8, 4) is 23.0 Å². The van der Waals surface area contributed by atoms with Crippen molar-refractivity contribution in [1.29, 1.82) is 0 Å². The lowest BCUT2D eigenvalue weighted by Crippen LogP contribution is -2.04. The maximum atomic E-state index is 11.6. The van der Waals surface area contributed by atoms with Crippen LogP contribution in [0.1, 0.15) is 21.5 Å². The summed E-state index contributed by atoms with van der Waals surface area (Å²) in [5.74, 6) is 0.896. The van der Waals surface area contributed by atoms with E-state index in [4.69, 9.17) is 9.47 Å². The Morgan fingerprint density at radius 1 is 0.750 bits per heavy atom. The molecule has 0 amide bonds. The summed E-state index contributed by atoms with van der Waals surface area (Å²) in [5.41, 5.74) is 2.82. The van der Waals surface area contributed by atoms with Gasteiger partial charge in [-0.25, -0.2) is 19.7 Å². The summed E-state index contributed by atoms with van der Waals surface area (Å²) in [6.07, 6.45) is 4.40. The molecule has 0 aliphatic heterocycles. The van der Waals surface area contributed by atoms with Crippen molar-refractivity contribution in [2.45, 2.75) is 13.2 Å². The molecule has 4 aromatic rings. The summed E-state index contributed by atoms with van der Waals surface area (Å²) in [7, 11) is 1.31. The average Bonchev–Trinajstić information content (AvgIpc) is 2.87. The van der Waals surface area contributed by atoms with Gasteiger partial charge in [-0.1, -0.05) is 60.7 Å². The van der Waals surface area contributed by atoms with E-state index in [1.54, 1.807) is 12.3 Å². The van der Waals surface area contributed by atoms with Gasteiger partial charge < -0.3 is 14.2 Å². The van der Waals surface area contributed by atoms with Gasteiger partial charge in [0.05, 0.1) is 18.9 Å². The first-order valence-electron chi connectivity index (χ1n) is 9.97. The zero-order valence-electron chi connectivity index (χ0n) is 17.5. The Morgan fingerprint density at radius 3 is 1.88 bits per heavy atom. The molecule has 32 heavy (non-hydrogen) atoms. The molecule has 0 radical (unpaired) electrons. The smallest absolute Gasteiger partial charge is 0.341 e. The lowest BCUT2D eigenvalue weighted by molar-refractivity contribution is 0.0600. The predicted molar refractivity (Wildman–Crippen MR) is 118 cm³/mol. The summed E-state index contributed by atoms with van der Waals surface area (Å²) >= 11 is 0. The van der Waals surface area contributed by atoms with Crippen molar-refractivity contribution in [3.63, 3.8) is 0 Å². The van der Waals surface area contributed by atoms with Crippen molar-refractivity contribution in [3.05, 3.63) is 102 Å². The number of benzene rings is 2. The molecule has 0 unspecified atom stereocenters. The summed E-state index contributed by atoms with van der Waals surface area (Å²) in [5, 5.41) is 0. The van der Waals surface area contributed by atoms with Crippen LogP contribution in [0.2, 0.25) is 0 Å². The fourth-order valence-corrected chi connectivity index (χ4v) is 2.92. The standard InChI is InChI=1S/C25H21N3O4/c1-30-25(29)20-13-27-24(28-14-20)21-12-22(31-16-18-8-4-2-5-9-18)23(15-26-21)32-17-19-10-6-3-7-11-19/h2-15H,16-17H2,1H3. The third kappa shape index (κ3) is 5.26. The van der Waals surface area contributed by atoms with Crippen molar-refractivity contribution in [1.82, 2.24) is 15.0 Å². The molecule has 0 saturated carbocycles. The van der Waals surface area contributed by atoms with E-state index in [-0.39, 0.29) is 5.56 Å². The second-order valence-electron chi connectivity index (χ2n) is 6.85. The lowest BCUT2D eigenvalue weighted by Gasteiger charge is -2.14. The Labute approximate surface area is 185 Å². The summed E-state index contributed by atoms with van der Waals surface area (Å²) in [4.78, 5) is 24.5. The quantitative estimate of drug-likeness (QED) is 0.383. The van der Waals surface area contributed by atoms with E-state index in [9.17, 15) is 4.79 Å². The number of aromatic nitrogens is 3. The van der Waals surface area contributed by atoms with Gasteiger partial charge in [-0.2, -0.15) is 0 Å². The minimum Gasteiger partial charge on any atom is -0.485 e. The number of esters is 1. The van der Waals surface area contributed by atoms with Crippen LogP contribution in [0.25, 0.3) is 11.5 Å². The Kier molecular flexibility index (Phi) is 6.67. The van der Waals surface area contributed by atoms with Crippen LogP contribution in [0.4, 0.5) is 0 Å². The summed E-state index contributed by atoms with van der Waals surface area (Å²) < 4.78 is 16.7. The Bertz CT molecular complexity index is 1170. The minimum atomic E-state index is -0.499. The topological polar surface area (TPSA) is 83.4 Å². The molecule has 2 heterocycles. The zero-order chi connectivity index (χ0) is 22.2. The number of hydrogen-bond acceptors (Lipinski definition) is 7. The molecule has 0 bridgehead atoms. The minimum absolute atomic E-state index is 0.264. The normalized spacial score (nSPS) is 10.4. The molecule has 0 spiro atoms. The Balaban J connectivity index is 1.58. The van der Waals surface area contributed by atoms with Gasteiger partial charge >= 0.3 is 5.97 Å². The largest absolute Gasteiger partial charge is 0.485 e. The molecule has 0 saturated heterocycles. The highest BCUT2D eigenvalue weighted by Crippen LogP contribution is 2.31. The van der Waals surface area contributed by atoms with E-state index in [1.807, 2.05) is 60.7 Å². The molecule has 0 N–H and O–H groups in total. The van der Waals surface area contributed by atoms with E-state index >= 15 is 0 Å². The number of ether oxygens (including phenoxy) is 3. The molecule has 2 aromatic carbocycles. The first-order chi connectivity index (χ1) is 15.7. The molecule has 0 aliphatic rings. The van der Waals surface area contributed by atoms with Crippen molar-refractivity contribution in [2.24, 2.45) is 0 Å². The van der Waals surface area contributed by atoms with E-state index in [0.717, 1.165) is 11.1 Å². The van der Waals surface area contributed by atoms with E-state index in [2.05, 4.69) is 19.7 Å². The van der Waals surface area contributed by atoms with E-state index < -0.39 is 5.97 Å². The number of carbonyl (C=O) groups excluding carboxylic acids is 1. The molecule has 0 fully saturated rings. The van der Waals surface area contributed by atoms with Gasteiger partial charge in [0, 0.05) is 18.5 Å². The predicted octanol–water partition coefficient (Wildman–Crippen LogP) is 4.48. The number of methoxy groups -OCH3 is 1. The van der Waals surface area contributed by atoms with Crippen molar-refractivity contribution in [2.75, 3.05) is 7.11 Å². The van der Waals surface area contributed by atoms with Crippen LogP contribution in [0.15, 0.2) is 85.3 Å². The second kappa shape index (κ2) is 10.2. The number of carbonyl (C=O) groups is 1. The SMILES string of the molecule is COC(=O)c1cnc(-c2cc(OCc3ccccc3)c(OCc3ccccc3)cn2)nc1. The molecule has 4 rings (SSSR count). The first-order valence-corrected chi connectivity index (χ1v) is 9.97. The molecule has 7 nitrogen and oxygen atoms in total. The van der Waals surface area contributed by atoms with Crippen LogP contribution in [-0.4, -0.2) is 28.0 Å². The van der Waals surface area contributed by atoms with E-state index in [0.29, 0.717) is 36.2 Å². The Hall–Kier alpha value is -4.26. The molecule has 160 valence electrons. The highest BCUT2D eigenvalue weighted by molar-refractivity contribution is 5.88. The maximum absolute atomic E-state index is 11.6. The van der Waals surface area contributed by atoms with E-state index in [1.165, 1.54) is 19.5 Å². The Morgan fingerprint density at radius 2 is 1.31 bits per heavy atom. The van der Waals surface area contributed by atoms with Crippen molar-refractivity contribution < 1.29 is 19.0 Å². The second-order valence-corrected chi connectivity index (χ2v) is 6.85. The maximum Gasteiger partial charge on any atom is 0.341 e. The highest BCUT2D eigenvalue weighted by Gasteiger charge is 2.13. The van der Waals surface area contributed by atoms with Crippen LogP contribution in [0.3, 0.4) is 0 Å². The first kappa shape index (κ1) is 21.0. The summed E-state index contributed by atoms with van der Waals surface area (Å²) in [6, 6.07) is 21.4. The fourth-order valence-electron chi connectivity index (χ4n) is 2.92. The number of pyridine rings is 1. The van der Waals surface area contributed by atoms with Crippen LogP contribution in [0, 0.1) is 0 Å². The van der Waals surface area contributed by atoms with Gasteiger partial charge in [-0.15, -0.1) is 0 Å². The zero-order valence-corrected chi connectivity index (χ0v) is 17.5. The molecule has 0 aliphatic carbocycles. The highest BCUT2D eigenvalue weighted by atomic mass is 16.5. The van der Waals surface area contributed by atoms with Gasteiger partial charge in [-0.05, 0) is 11.1 Å². The molecule has 7 heteroatoms. The van der Waals surface area contributed by atoms with Crippen LogP contribution in [0.5, 0.6) is 11.5 Å². The van der Waals surface area contributed by atoms with Gasteiger partial charge in [-0.3, -0.25) is 0 Å². The van der Waals surface area contributed by atoms with Gasteiger partial charge in [0.2, 0.25) is 0 Å². The molecule has 2 aromatic heterocycles. The van der Waals surface area contributed by atoms with Gasteiger partial charge in [0.25, 0.3) is 0 Å². The van der Waals surface area contributed by atoms with Gasteiger partial charge in [0.1, 0.15) is 18.9 Å². The van der Waals surface area contributed by atoms with Gasteiger partial charge in [0.15, 0.2) is 17.3 Å². The van der Waals surface area contributed by atoms with Crippen molar-refractivity contribution >= 4 is 5.97 Å². The van der Waals surface area contributed by atoms with Crippen LogP contribution < -0.4 is 9.47 Å². The number of nitrogens with zero attached hydrogens (tertiary/aromatic N) is 3. The lowest BCUT2D eigenvalue weighted by atomic mass is 10.2. The molecular formula is C25H21N3O4. The number of rotatable bonds is 8.